The molecule has 0 aromatic carbocycles. The first-order valence-electron chi connectivity index (χ1n) is 9.31. The maximum absolute atomic E-state index is 5.34. The van der Waals surface area contributed by atoms with Gasteiger partial charge in [0, 0.05) is 0 Å². The fraction of sp³-hybridized carbons (Fsp3) is 0.895. The third-order valence-corrected chi connectivity index (χ3v) is 20.0. The molecule has 0 rings (SSSR count). The van der Waals surface area contributed by atoms with E-state index >= 15 is 0 Å². The van der Waals surface area contributed by atoms with Gasteiger partial charge in [0.15, 0.2) is 0 Å². The van der Waals surface area contributed by atoms with Crippen molar-refractivity contribution in [1.82, 2.24) is 0 Å². The van der Waals surface area contributed by atoms with Gasteiger partial charge in [-0.2, -0.15) is 0 Å². The van der Waals surface area contributed by atoms with Crippen molar-refractivity contribution in [2.24, 2.45) is 0 Å². The van der Waals surface area contributed by atoms with Crippen LogP contribution >= 0.6 is 0 Å². The summed E-state index contributed by atoms with van der Waals surface area (Å²) < 4.78 is 11.7. The molecule has 0 radical (unpaired) electrons. The Morgan fingerprint density at radius 3 is 1.71 bits per heavy atom. The summed E-state index contributed by atoms with van der Waals surface area (Å²) in [5.74, 6) is 0. The molecule has 0 aromatic heterocycles. The Bertz CT molecular complexity index is 228. The molecule has 0 aromatic rings. The normalized spacial score (nSPS) is 14.0. The van der Waals surface area contributed by atoms with Crippen LogP contribution < -0.4 is 0 Å². The maximum atomic E-state index is 5.34. The first-order valence-corrected chi connectivity index (χ1v) is 17.4. The summed E-state index contributed by atoms with van der Waals surface area (Å²) in [5.41, 5.74) is 0. The Labute approximate surface area is 138 Å². The monoisotopic (exact) mass is 404 g/mol. The van der Waals surface area contributed by atoms with E-state index in [1.165, 1.54) is 43.0 Å². The quantitative estimate of drug-likeness (QED) is 0.229. The van der Waals surface area contributed by atoms with Crippen LogP contribution in [0.5, 0.6) is 0 Å². The van der Waals surface area contributed by atoms with Gasteiger partial charge in [-0.1, -0.05) is 0 Å². The van der Waals surface area contributed by atoms with Gasteiger partial charge in [-0.3, -0.25) is 0 Å². The summed E-state index contributed by atoms with van der Waals surface area (Å²) in [6, 6.07) is 0. The molecular weight excluding hydrogens is 363 g/mol. The van der Waals surface area contributed by atoms with Gasteiger partial charge in [-0.05, 0) is 0 Å². The predicted octanol–water partition coefficient (Wildman–Crippen LogP) is 6.82. The number of hydrogen-bond donors (Lipinski definition) is 0. The molecule has 2 heteroatoms. The first-order chi connectivity index (χ1) is 10.1. The summed E-state index contributed by atoms with van der Waals surface area (Å²) >= 11 is -1.90. The fourth-order valence-electron chi connectivity index (χ4n) is 3.05. The molecule has 0 fully saturated rings. The second kappa shape index (κ2) is 14.1. The molecule has 0 aliphatic carbocycles. The topological polar surface area (TPSA) is 9.23 Å². The number of ether oxygens (including phenoxy) is 1. The zero-order chi connectivity index (χ0) is 16.0. The van der Waals surface area contributed by atoms with Gasteiger partial charge in [0.25, 0.3) is 0 Å². The molecule has 0 heterocycles. The molecule has 0 N–H and O–H groups in total. The van der Waals surface area contributed by atoms with Crippen LogP contribution in [0.2, 0.25) is 17.7 Å². The van der Waals surface area contributed by atoms with E-state index < -0.39 is 18.4 Å². The van der Waals surface area contributed by atoms with Crippen LogP contribution in [-0.2, 0) is 4.74 Å². The van der Waals surface area contributed by atoms with Crippen molar-refractivity contribution in [3.05, 3.63) is 12.2 Å². The summed E-state index contributed by atoms with van der Waals surface area (Å²) in [6.45, 7) is 9.22. The Morgan fingerprint density at radius 2 is 1.33 bits per heavy atom. The molecule has 1 atom stereocenters. The van der Waals surface area contributed by atoms with Gasteiger partial charge in [0.2, 0.25) is 0 Å². The minimum atomic E-state index is -1.90. The molecule has 1 nitrogen and oxygen atoms in total. The van der Waals surface area contributed by atoms with Gasteiger partial charge >= 0.3 is 139 Å². The van der Waals surface area contributed by atoms with Crippen LogP contribution in [0.3, 0.4) is 0 Å². The van der Waals surface area contributed by atoms with Crippen molar-refractivity contribution in [2.45, 2.75) is 96.5 Å². The van der Waals surface area contributed by atoms with Crippen molar-refractivity contribution in [3.8, 4) is 0 Å². The number of allylic oxidation sites excluding steroid dienone is 1. The van der Waals surface area contributed by atoms with E-state index in [1.54, 1.807) is 13.3 Å². The van der Waals surface area contributed by atoms with Gasteiger partial charge in [-0.25, -0.2) is 0 Å². The van der Waals surface area contributed by atoms with Gasteiger partial charge in [0.1, 0.15) is 0 Å². The average Bonchev–Trinajstić information content (AvgIpc) is 2.52. The van der Waals surface area contributed by atoms with Crippen molar-refractivity contribution >= 4 is 18.4 Å². The van der Waals surface area contributed by atoms with Crippen molar-refractivity contribution in [2.75, 3.05) is 7.11 Å². The molecule has 126 valence electrons. The van der Waals surface area contributed by atoms with E-state index in [1.807, 2.05) is 7.11 Å². The number of rotatable bonds is 14. The fourth-order valence-corrected chi connectivity index (χ4v) is 18.3. The molecule has 0 saturated carbocycles. The number of unbranched alkanes of at least 4 members (excludes halogenated alkanes) is 3. The van der Waals surface area contributed by atoms with Crippen LogP contribution in [0.1, 0.15) is 72.6 Å². The molecule has 0 saturated heterocycles. The van der Waals surface area contributed by atoms with E-state index in [2.05, 4.69) is 39.8 Å². The Kier molecular flexibility index (Phi) is 14.4. The Hall–Kier alpha value is 0.499. The van der Waals surface area contributed by atoms with E-state index in [-0.39, 0.29) is 0 Å². The molecule has 21 heavy (non-hydrogen) atoms. The predicted molar refractivity (Wildman–Crippen MR) is 99.9 cm³/mol. The molecule has 0 aliphatic heterocycles. The van der Waals surface area contributed by atoms with E-state index in [0.29, 0.717) is 6.10 Å². The third kappa shape index (κ3) is 10.8. The SMILES string of the molecule is CCC[CH2][Sn]([CH2]/C=C/C[C@@H](C)OC)([CH2]CCC)[CH2]CCC. The van der Waals surface area contributed by atoms with Crippen LogP contribution in [0, 0.1) is 0 Å². The molecule has 0 aliphatic rings. The second-order valence-corrected chi connectivity index (χ2v) is 20.8. The molecule has 0 bridgehead atoms. The third-order valence-electron chi connectivity index (χ3n) is 4.77. The van der Waals surface area contributed by atoms with Crippen molar-refractivity contribution < 1.29 is 4.74 Å². The van der Waals surface area contributed by atoms with Crippen LogP contribution in [-0.4, -0.2) is 31.6 Å². The average molecular weight is 403 g/mol. The zero-order valence-corrected chi connectivity index (χ0v) is 18.3. The molecule has 0 spiro atoms. The summed E-state index contributed by atoms with van der Waals surface area (Å²) in [6.07, 6.45) is 14.9. The Balaban J connectivity index is 4.61. The van der Waals surface area contributed by atoms with E-state index in [4.69, 9.17) is 4.74 Å². The van der Waals surface area contributed by atoms with Crippen LogP contribution in [0.4, 0.5) is 0 Å². The van der Waals surface area contributed by atoms with Gasteiger partial charge in [0.05, 0.1) is 0 Å². The van der Waals surface area contributed by atoms with Crippen LogP contribution in [0.25, 0.3) is 0 Å². The summed E-state index contributed by atoms with van der Waals surface area (Å²) in [5, 5.41) is 0. The summed E-state index contributed by atoms with van der Waals surface area (Å²) in [4.78, 5) is 0. The first kappa shape index (κ1) is 21.5. The van der Waals surface area contributed by atoms with E-state index in [0.717, 1.165) is 6.42 Å². The molecule has 0 unspecified atom stereocenters. The van der Waals surface area contributed by atoms with Gasteiger partial charge < -0.3 is 0 Å². The van der Waals surface area contributed by atoms with Crippen LogP contribution in [0.15, 0.2) is 12.2 Å². The standard InChI is InChI=1S/C7H13O.3C4H9.Sn/c1-4-5-6-7(2)8-3;3*1-3-4-2;/h4-5,7H,1,6H2,2-3H3;3*1,3-4H2,2H3;/b5-4+;;;;/t7-;;;;/m1..../s1. The molecular formula is C19H40OSn. The van der Waals surface area contributed by atoms with Crippen molar-refractivity contribution in [1.29, 1.82) is 0 Å². The summed E-state index contributed by atoms with van der Waals surface area (Å²) in [7, 11) is 1.81. The minimum absolute atomic E-state index is 0.368. The van der Waals surface area contributed by atoms with E-state index in [9.17, 15) is 0 Å². The van der Waals surface area contributed by atoms with Crippen molar-refractivity contribution in [3.63, 3.8) is 0 Å². The number of methoxy groups -OCH3 is 1. The zero-order valence-electron chi connectivity index (χ0n) is 15.4. The Morgan fingerprint density at radius 1 is 0.857 bits per heavy atom. The van der Waals surface area contributed by atoms with Gasteiger partial charge in [-0.15, -0.1) is 0 Å². The molecule has 0 amide bonds. The number of hydrogen-bond acceptors (Lipinski definition) is 1. The second-order valence-electron chi connectivity index (χ2n) is 6.77.